The van der Waals surface area contributed by atoms with Gasteiger partial charge in [-0.3, -0.25) is 0 Å². The van der Waals surface area contributed by atoms with Crippen LogP contribution < -0.4 is 10.1 Å². The lowest BCUT2D eigenvalue weighted by Crippen LogP contribution is -2.06. The molecule has 116 valence electrons. The largest absolute Gasteiger partial charge is 0.472 e. The number of aromatic nitrogens is 1. The molecule has 0 unspecified atom stereocenters. The van der Waals surface area contributed by atoms with Crippen molar-refractivity contribution < 1.29 is 13.5 Å². The van der Waals surface area contributed by atoms with E-state index in [9.17, 15) is 8.78 Å². The maximum Gasteiger partial charge on any atom is 0.269 e. The molecule has 1 aliphatic rings. The first-order valence-corrected chi connectivity index (χ1v) is 7.36. The van der Waals surface area contributed by atoms with Crippen LogP contribution in [0.3, 0.4) is 0 Å². The number of pyridine rings is 1. The third-order valence-electron chi connectivity index (χ3n) is 3.89. The van der Waals surface area contributed by atoms with E-state index in [4.69, 9.17) is 4.74 Å². The summed E-state index contributed by atoms with van der Waals surface area (Å²) in [6, 6.07) is 8.90. The van der Waals surface area contributed by atoms with Crippen LogP contribution in [0.15, 0.2) is 36.5 Å². The minimum Gasteiger partial charge on any atom is -0.472 e. The highest BCUT2D eigenvalue weighted by molar-refractivity contribution is 5.56. The zero-order valence-corrected chi connectivity index (χ0v) is 12.4. The molecule has 0 spiro atoms. The van der Waals surface area contributed by atoms with Gasteiger partial charge < -0.3 is 10.1 Å². The molecule has 5 heteroatoms. The Labute approximate surface area is 128 Å². The molecule has 2 aromatic rings. The third-order valence-corrected chi connectivity index (χ3v) is 3.89. The van der Waals surface area contributed by atoms with Gasteiger partial charge in [0.1, 0.15) is 6.61 Å². The summed E-state index contributed by atoms with van der Waals surface area (Å²) < 4.78 is 31.6. The Morgan fingerprint density at radius 2 is 2.09 bits per heavy atom. The Hall–Kier alpha value is -2.17. The molecule has 1 saturated carbocycles. The van der Waals surface area contributed by atoms with E-state index in [1.54, 1.807) is 0 Å². The Morgan fingerprint density at radius 3 is 2.77 bits per heavy atom. The number of halogens is 2. The molecule has 3 rings (SSSR count). The van der Waals surface area contributed by atoms with Crippen molar-refractivity contribution in [2.45, 2.75) is 31.8 Å². The summed E-state index contributed by atoms with van der Waals surface area (Å²) in [6.45, 7) is 0.236. The van der Waals surface area contributed by atoms with Crippen LogP contribution in [-0.2, 0) is 6.61 Å². The van der Waals surface area contributed by atoms with E-state index in [0.29, 0.717) is 5.92 Å². The van der Waals surface area contributed by atoms with Crippen LogP contribution >= 0.6 is 0 Å². The lowest BCUT2D eigenvalue weighted by molar-refractivity contribution is 0.143. The zero-order valence-electron chi connectivity index (χ0n) is 12.4. The fourth-order valence-corrected chi connectivity index (χ4v) is 2.61. The molecule has 1 aromatic carbocycles. The first-order chi connectivity index (χ1) is 10.7. The molecule has 22 heavy (non-hydrogen) atoms. The van der Waals surface area contributed by atoms with Crippen molar-refractivity contribution in [2.75, 3.05) is 12.4 Å². The van der Waals surface area contributed by atoms with Gasteiger partial charge in [0, 0.05) is 24.5 Å². The Bertz CT molecular complexity index is 657. The van der Waals surface area contributed by atoms with Crippen LogP contribution in [-0.4, -0.2) is 12.0 Å². The molecule has 1 N–H and O–H groups in total. The summed E-state index contributed by atoms with van der Waals surface area (Å²) >= 11 is 0. The number of benzene rings is 1. The van der Waals surface area contributed by atoms with Crippen LogP contribution in [0.1, 0.15) is 41.9 Å². The van der Waals surface area contributed by atoms with Crippen LogP contribution in [0.2, 0.25) is 0 Å². The molecule has 0 radical (unpaired) electrons. The van der Waals surface area contributed by atoms with Crippen molar-refractivity contribution in [3.05, 3.63) is 53.2 Å². The van der Waals surface area contributed by atoms with Crippen LogP contribution in [0.4, 0.5) is 14.5 Å². The minimum atomic E-state index is -2.59. The van der Waals surface area contributed by atoms with Gasteiger partial charge >= 0.3 is 0 Å². The second-order valence-electron chi connectivity index (χ2n) is 5.38. The summed E-state index contributed by atoms with van der Waals surface area (Å²) in [4.78, 5) is 3.94. The van der Waals surface area contributed by atoms with E-state index in [-0.39, 0.29) is 18.1 Å². The zero-order chi connectivity index (χ0) is 15.5. The number of hydrogen-bond donors (Lipinski definition) is 1. The molecule has 0 amide bonds. The lowest BCUT2D eigenvalue weighted by atomic mass is 10.0. The van der Waals surface area contributed by atoms with Gasteiger partial charge in [-0.2, -0.15) is 0 Å². The molecule has 0 aliphatic heterocycles. The SMILES string of the molecule is CNc1cccc(C2CC2)c1COc1ncccc1C(F)F. The second kappa shape index (κ2) is 6.30. The van der Waals surface area contributed by atoms with E-state index in [0.717, 1.165) is 11.3 Å². The highest BCUT2D eigenvalue weighted by atomic mass is 19.3. The average molecular weight is 304 g/mol. The molecule has 0 saturated heterocycles. The topological polar surface area (TPSA) is 34.1 Å². The van der Waals surface area contributed by atoms with Crippen molar-refractivity contribution >= 4 is 5.69 Å². The van der Waals surface area contributed by atoms with Gasteiger partial charge in [0.15, 0.2) is 0 Å². The Morgan fingerprint density at radius 1 is 1.27 bits per heavy atom. The lowest BCUT2D eigenvalue weighted by Gasteiger charge is -2.16. The van der Waals surface area contributed by atoms with Gasteiger partial charge in [-0.1, -0.05) is 12.1 Å². The molecule has 1 aromatic heterocycles. The number of hydrogen-bond acceptors (Lipinski definition) is 3. The quantitative estimate of drug-likeness (QED) is 0.852. The van der Waals surface area contributed by atoms with E-state index in [2.05, 4.69) is 16.4 Å². The smallest absolute Gasteiger partial charge is 0.269 e. The Kier molecular flexibility index (Phi) is 4.22. The van der Waals surface area contributed by atoms with Crippen molar-refractivity contribution in [3.63, 3.8) is 0 Å². The average Bonchev–Trinajstić information content (AvgIpc) is 3.37. The summed E-state index contributed by atoms with van der Waals surface area (Å²) in [6.07, 6.45) is 1.22. The monoisotopic (exact) mass is 304 g/mol. The van der Waals surface area contributed by atoms with Crippen LogP contribution in [0.5, 0.6) is 5.88 Å². The van der Waals surface area contributed by atoms with Gasteiger partial charge in [-0.25, -0.2) is 13.8 Å². The predicted octanol–water partition coefficient (Wildman–Crippen LogP) is 4.52. The number of anilines is 1. The molecule has 1 heterocycles. The standard InChI is InChI=1S/C17H18F2N2O/c1-20-15-6-2-4-12(11-7-8-11)14(15)10-22-17-13(16(18)19)5-3-9-21-17/h2-6,9,11,16,20H,7-8,10H2,1H3. The van der Waals surface area contributed by atoms with Crippen molar-refractivity contribution in [1.82, 2.24) is 4.98 Å². The Balaban J connectivity index is 1.85. The highest BCUT2D eigenvalue weighted by Gasteiger charge is 2.27. The maximum absolute atomic E-state index is 13.0. The van der Waals surface area contributed by atoms with Crippen molar-refractivity contribution in [2.24, 2.45) is 0 Å². The summed E-state index contributed by atoms with van der Waals surface area (Å²) in [5, 5.41) is 3.14. The van der Waals surface area contributed by atoms with Crippen molar-refractivity contribution in [1.29, 1.82) is 0 Å². The van der Waals surface area contributed by atoms with Gasteiger partial charge in [0.25, 0.3) is 6.43 Å². The number of nitrogens with zero attached hydrogens (tertiary/aromatic N) is 1. The maximum atomic E-state index is 13.0. The van der Waals surface area contributed by atoms with Crippen LogP contribution in [0.25, 0.3) is 0 Å². The molecule has 0 atom stereocenters. The molecule has 1 fully saturated rings. The summed E-state index contributed by atoms with van der Waals surface area (Å²) in [7, 11) is 1.85. The van der Waals surface area contributed by atoms with Gasteiger partial charge in [0.2, 0.25) is 5.88 Å². The first kappa shape index (κ1) is 14.8. The van der Waals surface area contributed by atoms with E-state index in [1.165, 1.54) is 36.7 Å². The number of rotatable bonds is 6. The molecule has 0 bridgehead atoms. The van der Waals surface area contributed by atoms with Gasteiger partial charge in [0.05, 0.1) is 5.56 Å². The van der Waals surface area contributed by atoms with Crippen LogP contribution in [0, 0.1) is 0 Å². The normalized spacial score (nSPS) is 14.2. The molecular formula is C17H18F2N2O. The minimum absolute atomic E-state index is 0.00477. The first-order valence-electron chi connectivity index (χ1n) is 7.36. The summed E-state index contributed by atoms with van der Waals surface area (Å²) in [5.41, 5.74) is 3.07. The van der Waals surface area contributed by atoms with E-state index in [1.807, 2.05) is 19.2 Å². The number of alkyl halides is 2. The molecule has 3 nitrogen and oxygen atoms in total. The van der Waals surface area contributed by atoms with Crippen molar-refractivity contribution in [3.8, 4) is 5.88 Å². The summed E-state index contributed by atoms with van der Waals surface area (Å²) in [5.74, 6) is 0.565. The van der Waals surface area contributed by atoms with Gasteiger partial charge in [-0.05, 0) is 42.5 Å². The van der Waals surface area contributed by atoms with E-state index >= 15 is 0 Å². The fraction of sp³-hybridized carbons (Fsp3) is 0.353. The number of ether oxygens (including phenoxy) is 1. The molecular weight excluding hydrogens is 286 g/mol. The van der Waals surface area contributed by atoms with E-state index < -0.39 is 6.43 Å². The third kappa shape index (κ3) is 3.03. The molecule has 1 aliphatic carbocycles. The predicted molar refractivity (Wildman–Crippen MR) is 81.5 cm³/mol. The fourth-order valence-electron chi connectivity index (χ4n) is 2.61. The van der Waals surface area contributed by atoms with Gasteiger partial charge in [-0.15, -0.1) is 0 Å². The second-order valence-corrected chi connectivity index (χ2v) is 5.38. The highest BCUT2D eigenvalue weighted by Crippen LogP contribution is 2.43. The number of nitrogens with one attached hydrogen (secondary N) is 1.